The van der Waals surface area contributed by atoms with Crippen LogP contribution in [0.2, 0.25) is 0 Å². The summed E-state index contributed by atoms with van der Waals surface area (Å²) in [5.74, 6) is -0.251. The van der Waals surface area contributed by atoms with Crippen LogP contribution < -0.4 is 4.74 Å². The van der Waals surface area contributed by atoms with Crippen molar-refractivity contribution in [3.63, 3.8) is 0 Å². The van der Waals surface area contributed by atoms with Gasteiger partial charge in [0.1, 0.15) is 10.8 Å². The number of hydrogen-bond donors (Lipinski definition) is 0. The number of aryl methyl sites for hydroxylation is 2. The predicted octanol–water partition coefficient (Wildman–Crippen LogP) is 4.24. The van der Waals surface area contributed by atoms with Gasteiger partial charge in [-0.25, -0.2) is 4.98 Å². The van der Waals surface area contributed by atoms with Crippen molar-refractivity contribution in [2.45, 2.75) is 32.0 Å². The minimum atomic E-state index is -4.69. The Labute approximate surface area is 141 Å². The monoisotopic (exact) mass is 359 g/mol. The molecular weight excluding hydrogens is 343 g/mol. The van der Waals surface area contributed by atoms with Crippen molar-refractivity contribution >= 4 is 17.3 Å². The summed E-state index contributed by atoms with van der Waals surface area (Å²) in [7, 11) is 1.53. The minimum absolute atomic E-state index is 0.150. The average Bonchev–Trinajstić information content (AvgIpc) is 2.96. The molecule has 8 heteroatoms. The SMILES string of the molecule is COc1ccc(CCC(=O)OC(c2nc(C)cs2)C(F)(F)F)cc1. The van der Waals surface area contributed by atoms with Gasteiger partial charge in [0.15, 0.2) is 0 Å². The molecule has 0 radical (unpaired) electrons. The molecule has 0 N–H and O–H groups in total. The Bertz CT molecular complexity index is 683. The number of carbonyl (C=O) groups is 1. The number of benzene rings is 1. The van der Waals surface area contributed by atoms with Gasteiger partial charge in [-0.05, 0) is 31.0 Å². The molecule has 0 amide bonds. The molecule has 1 aromatic heterocycles. The van der Waals surface area contributed by atoms with Gasteiger partial charge in [0.05, 0.1) is 7.11 Å². The molecule has 4 nitrogen and oxygen atoms in total. The number of hydrogen-bond acceptors (Lipinski definition) is 5. The lowest BCUT2D eigenvalue weighted by atomic mass is 10.1. The van der Waals surface area contributed by atoms with Gasteiger partial charge in [-0.3, -0.25) is 4.79 Å². The van der Waals surface area contributed by atoms with E-state index in [2.05, 4.69) is 9.72 Å². The van der Waals surface area contributed by atoms with Gasteiger partial charge in [-0.1, -0.05) is 12.1 Å². The first-order valence-electron chi connectivity index (χ1n) is 7.10. The lowest BCUT2D eigenvalue weighted by Gasteiger charge is -2.18. The molecule has 0 fully saturated rings. The second-order valence-corrected chi connectivity index (χ2v) is 5.98. The van der Waals surface area contributed by atoms with E-state index in [9.17, 15) is 18.0 Å². The van der Waals surface area contributed by atoms with Crippen LogP contribution in [0.25, 0.3) is 0 Å². The Balaban J connectivity index is 1.97. The maximum atomic E-state index is 13.1. The van der Waals surface area contributed by atoms with Crippen LogP contribution in [0.3, 0.4) is 0 Å². The zero-order valence-electron chi connectivity index (χ0n) is 13.1. The topological polar surface area (TPSA) is 48.4 Å². The van der Waals surface area contributed by atoms with Crippen molar-refractivity contribution in [2.75, 3.05) is 7.11 Å². The maximum Gasteiger partial charge on any atom is 0.432 e. The van der Waals surface area contributed by atoms with Crippen molar-refractivity contribution in [1.82, 2.24) is 4.98 Å². The quantitative estimate of drug-likeness (QED) is 0.724. The van der Waals surface area contributed by atoms with Crippen LogP contribution in [0, 0.1) is 6.92 Å². The summed E-state index contributed by atoms with van der Waals surface area (Å²) in [6, 6.07) is 6.93. The Morgan fingerprint density at radius 1 is 1.29 bits per heavy atom. The first kappa shape index (κ1) is 18.3. The lowest BCUT2D eigenvalue weighted by molar-refractivity contribution is -0.224. The van der Waals surface area contributed by atoms with E-state index in [4.69, 9.17) is 4.74 Å². The third kappa shape index (κ3) is 4.95. The molecule has 1 unspecified atom stereocenters. The molecule has 1 atom stereocenters. The van der Waals surface area contributed by atoms with Crippen molar-refractivity contribution in [1.29, 1.82) is 0 Å². The molecule has 0 spiro atoms. The average molecular weight is 359 g/mol. The van der Waals surface area contributed by atoms with Crippen molar-refractivity contribution in [3.05, 3.63) is 45.9 Å². The van der Waals surface area contributed by atoms with Crippen LogP contribution in [0.4, 0.5) is 13.2 Å². The molecule has 1 aromatic carbocycles. The van der Waals surface area contributed by atoms with E-state index in [0.29, 0.717) is 11.4 Å². The zero-order valence-corrected chi connectivity index (χ0v) is 13.9. The molecular formula is C16H16F3NO3S. The highest BCUT2D eigenvalue weighted by Crippen LogP contribution is 2.37. The number of halogens is 3. The van der Waals surface area contributed by atoms with Crippen LogP contribution in [0.5, 0.6) is 5.75 Å². The van der Waals surface area contributed by atoms with E-state index in [1.165, 1.54) is 12.5 Å². The first-order chi connectivity index (χ1) is 11.3. The summed E-state index contributed by atoms with van der Waals surface area (Å²) >= 11 is 0.823. The van der Waals surface area contributed by atoms with Gasteiger partial charge in [-0.15, -0.1) is 11.3 Å². The molecule has 2 rings (SSSR count). The number of nitrogens with zero attached hydrogens (tertiary/aromatic N) is 1. The molecule has 1 heterocycles. The smallest absolute Gasteiger partial charge is 0.432 e. The maximum absolute atomic E-state index is 13.1. The number of esters is 1. The molecule has 0 aliphatic rings. The van der Waals surface area contributed by atoms with Crippen molar-refractivity contribution < 1.29 is 27.4 Å². The molecule has 24 heavy (non-hydrogen) atoms. The summed E-state index contributed by atoms with van der Waals surface area (Å²) in [5.41, 5.74) is 1.26. The van der Waals surface area contributed by atoms with E-state index in [-0.39, 0.29) is 17.8 Å². The van der Waals surface area contributed by atoms with Crippen LogP contribution >= 0.6 is 11.3 Å². The third-order valence-electron chi connectivity index (χ3n) is 3.18. The van der Waals surface area contributed by atoms with Gasteiger partial charge in [0, 0.05) is 17.5 Å². The summed E-state index contributed by atoms with van der Waals surface area (Å²) in [6.45, 7) is 1.58. The summed E-state index contributed by atoms with van der Waals surface area (Å²) in [6.07, 6.45) is -6.88. The van der Waals surface area contributed by atoms with E-state index in [1.54, 1.807) is 31.2 Å². The van der Waals surface area contributed by atoms with Crippen molar-refractivity contribution in [2.24, 2.45) is 0 Å². The highest BCUT2D eigenvalue weighted by molar-refractivity contribution is 7.09. The Morgan fingerprint density at radius 3 is 2.46 bits per heavy atom. The molecule has 0 aliphatic carbocycles. The molecule has 0 bridgehead atoms. The molecule has 130 valence electrons. The normalized spacial score (nSPS) is 12.7. The van der Waals surface area contributed by atoms with Crippen LogP contribution in [0.1, 0.15) is 28.8 Å². The van der Waals surface area contributed by atoms with Gasteiger partial charge in [0.2, 0.25) is 6.10 Å². The number of thiazole rings is 1. The van der Waals surface area contributed by atoms with E-state index >= 15 is 0 Å². The standard InChI is InChI=1S/C16H16F3NO3S/c1-10-9-24-15(20-10)14(16(17,18)19)23-13(21)8-5-11-3-6-12(22-2)7-4-11/h3-4,6-7,9,14H,5,8H2,1-2H3. The predicted molar refractivity (Wildman–Crippen MR) is 83.1 cm³/mol. The summed E-state index contributed by atoms with van der Waals surface area (Å²) in [5, 5.41) is 1.22. The molecule has 0 aliphatic heterocycles. The van der Waals surface area contributed by atoms with Crippen molar-refractivity contribution in [3.8, 4) is 5.75 Å². The van der Waals surface area contributed by atoms with Crippen LogP contribution in [-0.4, -0.2) is 24.2 Å². The highest BCUT2D eigenvalue weighted by Gasteiger charge is 2.45. The zero-order chi connectivity index (χ0) is 17.7. The van der Waals surface area contributed by atoms with E-state index < -0.39 is 18.2 Å². The first-order valence-corrected chi connectivity index (χ1v) is 7.98. The highest BCUT2D eigenvalue weighted by atomic mass is 32.1. The second kappa shape index (κ2) is 7.65. The van der Waals surface area contributed by atoms with E-state index in [0.717, 1.165) is 16.9 Å². The van der Waals surface area contributed by atoms with Crippen LogP contribution in [-0.2, 0) is 16.0 Å². The number of rotatable bonds is 6. The fraction of sp³-hybridized carbons (Fsp3) is 0.375. The van der Waals surface area contributed by atoms with Gasteiger partial charge in [-0.2, -0.15) is 13.2 Å². The largest absolute Gasteiger partial charge is 0.497 e. The number of aromatic nitrogens is 1. The fourth-order valence-corrected chi connectivity index (χ4v) is 2.82. The van der Waals surface area contributed by atoms with Gasteiger partial charge >= 0.3 is 12.1 Å². The number of alkyl halides is 3. The molecule has 2 aromatic rings. The third-order valence-corrected chi connectivity index (χ3v) is 4.19. The Hall–Kier alpha value is -2.09. The second-order valence-electron chi connectivity index (χ2n) is 5.09. The molecule has 0 saturated heterocycles. The fourth-order valence-electron chi connectivity index (χ4n) is 1.98. The number of ether oxygens (including phenoxy) is 2. The van der Waals surface area contributed by atoms with Crippen LogP contribution in [0.15, 0.2) is 29.6 Å². The van der Waals surface area contributed by atoms with Gasteiger partial charge < -0.3 is 9.47 Å². The summed E-state index contributed by atoms with van der Waals surface area (Å²) < 4.78 is 48.9. The lowest BCUT2D eigenvalue weighted by Crippen LogP contribution is -2.26. The molecule has 0 saturated carbocycles. The Kier molecular flexibility index (Phi) is 5.82. The number of carbonyl (C=O) groups excluding carboxylic acids is 1. The minimum Gasteiger partial charge on any atom is -0.497 e. The van der Waals surface area contributed by atoms with Gasteiger partial charge in [0.25, 0.3) is 0 Å². The Morgan fingerprint density at radius 2 is 1.96 bits per heavy atom. The summed E-state index contributed by atoms with van der Waals surface area (Å²) in [4.78, 5) is 15.6. The van der Waals surface area contributed by atoms with E-state index in [1.807, 2.05) is 0 Å². The number of methoxy groups -OCH3 is 1.